The number of hydrogen-bond donors (Lipinski definition) is 3. The lowest BCUT2D eigenvalue weighted by atomic mass is 10.1. The topological polar surface area (TPSA) is 127 Å². The summed E-state index contributed by atoms with van der Waals surface area (Å²) in [6, 6.07) is 9.20. The Labute approximate surface area is 186 Å². The van der Waals surface area contributed by atoms with Crippen molar-refractivity contribution in [2.75, 3.05) is 27.0 Å². The van der Waals surface area contributed by atoms with E-state index in [1.807, 2.05) is 0 Å². The van der Waals surface area contributed by atoms with E-state index in [4.69, 9.17) is 19.6 Å². The third-order valence-electron chi connectivity index (χ3n) is 4.65. The maximum atomic E-state index is 12.7. The second-order valence-electron chi connectivity index (χ2n) is 7.19. The van der Waals surface area contributed by atoms with Gasteiger partial charge in [0.15, 0.2) is 9.84 Å². The van der Waals surface area contributed by atoms with Crippen LogP contribution in [0.1, 0.15) is 15.9 Å². The van der Waals surface area contributed by atoms with E-state index in [2.05, 4.69) is 10.6 Å². The Morgan fingerprint density at radius 3 is 2.62 bits per heavy atom. The Bertz CT molecular complexity index is 1140. The van der Waals surface area contributed by atoms with Crippen molar-refractivity contribution >= 4 is 21.6 Å². The van der Waals surface area contributed by atoms with Crippen LogP contribution >= 0.6 is 0 Å². The molecule has 1 atom stereocenters. The van der Waals surface area contributed by atoms with Gasteiger partial charge < -0.3 is 24.8 Å². The fourth-order valence-electron chi connectivity index (χ4n) is 3.16. The molecular weight excluding hydrogens is 434 g/mol. The van der Waals surface area contributed by atoms with Gasteiger partial charge in [-0.15, -0.1) is 0 Å². The zero-order valence-corrected chi connectivity index (χ0v) is 18.8. The smallest absolute Gasteiger partial charge is 0.257 e. The number of benzene rings is 2. The molecule has 2 aromatic carbocycles. The Hall–Kier alpha value is -3.37. The van der Waals surface area contributed by atoms with Crippen molar-refractivity contribution in [2.45, 2.75) is 17.4 Å². The van der Waals surface area contributed by atoms with Crippen molar-refractivity contribution in [3.63, 3.8) is 0 Å². The first-order valence-corrected chi connectivity index (χ1v) is 11.6. The number of rotatable bonds is 8. The van der Waals surface area contributed by atoms with Gasteiger partial charge in [0, 0.05) is 38.0 Å². The summed E-state index contributed by atoms with van der Waals surface area (Å²) >= 11 is 0. The summed E-state index contributed by atoms with van der Waals surface area (Å²) in [5.41, 5.74) is 1.04. The van der Waals surface area contributed by atoms with Gasteiger partial charge in [0.2, 0.25) is 0 Å². The van der Waals surface area contributed by atoms with Crippen LogP contribution in [0.4, 0.5) is 0 Å². The van der Waals surface area contributed by atoms with E-state index in [1.54, 1.807) is 38.4 Å². The summed E-state index contributed by atoms with van der Waals surface area (Å²) in [7, 11) is -0.0583. The summed E-state index contributed by atoms with van der Waals surface area (Å²) in [6.45, 7) is 0.373. The van der Waals surface area contributed by atoms with E-state index in [0.717, 1.165) is 11.8 Å². The van der Waals surface area contributed by atoms with Crippen molar-refractivity contribution < 1.29 is 27.4 Å². The maximum Gasteiger partial charge on any atom is 0.257 e. The maximum absolute atomic E-state index is 12.7. The lowest BCUT2D eigenvalue weighted by molar-refractivity contribution is 0.0944. The minimum atomic E-state index is -3.32. The molecule has 170 valence electrons. The quantitative estimate of drug-likeness (QED) is 0.408. The molecule has 0 fully saturated rings. The van der Waals surface area contributed by atoms with Crippen LogP contribution in [0.2, 0.25) is 0 Å². The van der Waals surface area contributed by atoms with Crippen molar-refractivity contribution in [3.05, 3.63) is 59.8 Å². The van der Waals surface area contributed by atoms with Gasteiger partial charge in [0.05, 0.1) is 11.5 Å². The van der Waals surface area contributed by atoms with Crippen LogP contribution in [0.25, 0.3) is 0 Å². The molecule has 0 aromatic heterocycles. The van der Waals surface area contributed by atoms with Crippen LogP contribution in [0, 0.1) is 5.41 Å². The van der Waals surface area contributed by atoms with Crippen molar-refractivity contribution in [2.24, 2.45) is 0 Å². The molecule has 1 aliphatic heterocycles. The molecule has 0 saturated heterocycles. The number of sulfone groups is 1. The highest BCUT2D eigenvalue weighted by Crippen LogP contribution is 2.39. The molecule has 10 heteroatoms. The molecule has 2 aromatic rings. The second kappa shape index (κ2) is 9.84. The molecule has 1 heterocycles. The molecule has 3 N–H and O–H groups in total. The van der Waals surface area contributed by atoms with E-state index in [0.29, 0.717) is 30.3 Å². The predicted molar refractivity (Wildman–Crippen MR) is 119 cm³/mol. The van der Waals surface area contributed by atoms with Crippen LogP contribution in [0.5, 0.6) is 17.2 Å². The molecule has 1 unspecified atom stereocenters. The minimum absolute atomic E-state index is 0.0816. The predicted octanol–water partition coefficient (Wildman–Crippen LogP) is 2.27. The largest absolute Gasteiger partial charge is 0.487 e. The molecule has 3 rings (SSSR count). The van der Waals surface area contributed by atoms with Crippen LogP contribution in [-0.4, -0.2) is 53.3 Å². The van der Waals surface area contributed by atoms with Gasteiger partial charge in [0.1, 0.15) is 29.2 Å². The number of carbonyl (C=O) groups is 1. The van der Waals surface area contributed by atoms with Crippen LogP contribution in [-0.2, 0) is 21.0 Å². The number of methoxy groups -OCH3 is 1. The van der Waals surface area contributed by atoms with E-state index in [-0.39, 0.29) is 22.4 Å². The van der Waals surface area contributed by atoms with E-state index < -0.39 is 15.7 Å². The fourth-order valence-corrected chi connectivity index (χ4v) is 3.79. The molecule has 0 radical (unpaired) electrons. The monoisotopic (exact) mass is 459 g/mol. The Morgan fingerprint density at radius 2 is 2.00 bits per heavy atom. The SMILES string of the molecule is CN/C=C\C(=N)NC(=O)c1cc(Oc2ccc(S(C)(=O)=O)cc2)c2c(c1)OC(COC)C2. The molecule has 32 heavy (non-hydrogen) atoms. The summed E-state index contributed by atoms with van der Waals surface area (Å²) in [4.78, 5) is 12.9. The first-order chi connectivity index (χ1) is 15.2. The standard InChI is InChI=1S/C22H25N3O6S/c1-24-9-8-21(23)25-22(26)14-10-19(18-12-16(13-29-2)31-20(18)11-14)30-15-4-6-17(7-5-15)32(3,27)28/h4-11,16,24H,12-13H2,1-3H3,(H2,23,25,26)/b9-8-. The van der Waals surface area contributed by atoms with Crippen molar-refractivity contribution in [1.29, 1.82) is 5.41 Å². The molecular formula is C22H25N3O6S. The second-order valence-corrected chi connectivity index (χ2v) is 9.20. The van der Waals surface area contributed by atoms with E-state index in [9.17, 15) is 13.2 Å². The normalized spacial score (nSPS) is 15.2. The third kappa shape index (κ3) is 5.65. The fraction of sp³-hybridized carbons (Fsp3) is 0.273. The highest BCUT2D eigenvalue weighted by molar-refractivity contribution is 7.90. The summed E-state index contributed by atoms with van der Waals surface area (Å²) in [5.74, 6) is 0.754. The van der Waals surface area contributed by atoms with Crippen molar-refractivity contribution in [3.8, 4) is 17.2 Å². The van der Waals surface area contributed by atoms with Gasteiger partial charge in [-0.05, 0) is 48.7 Å². The van der Waals surface area contributed by atoms with Gasteiger partial charge in [-0.1, -0.05) is 0 Å². The average Bonchev–Trinajstić information content (AvgIpc) is 3.15. The van der Waals surface area contributed by atoms with Gasteiger partial charge >= 0.3 is 0 Å². The van der Waals surface area contributed by atoms with Crippen LogP contribution in [0.3, 0.4) is 0 Å². The number of hydrogen-bond acceptors (Lipinski definition) is 8. The zero-order chi connectivity index (χ0) is 23.3. The molecule has 0 saturated carbocycles. The van der Waals surface area contributed by atoms with Crippen LogP contribution in [0.15, 0.2) is 53.6 Å². The van der Waals surface area contributed by atoms with Gasteiger partial charge in [0.25, 0.3) is 5.91 Å². The number of carbonyl (C=O) groups excluding carboxylic acids is 1. The van der Waals surface area contributed by atoms with Gasteiger partial charge in [-0.2, -0.15) is 0 Å². The number of amidine groups is 1. The lowest BCUT2D eigenvalue weighted by Crippen LogP contribution is -2.28. The summed E-state index contributed by atoms with van der Waals surface area (Å²) in [5, 5.41) is 13.1. The first-order valence-electron chi connectivity index (χ1n) is 9.75. The molecule has 0 bridgehead atoms. The molecule has 0 spiro atoms. The molecule has 0 aliphatic carbocycles. The first kappa shape index (κ1) is 23.3. The van der Waals surface area contributed by atoms with Crippen LogP contribution < -0.4 is 20.1 Å². The molecule has 9 nitrogen and oxygen atoms in total. The number of amides is 1. The summed E-state index contributed by atoms with van der Waals surface area (Å²) < 4.78 is 40.5. The summed E-state index contributed by atoms with van der Waals surface area (Å²) in [6.07, 6.45) is 4.38. The molecule has 1 amide bonds. The number of ether oxygens (including phenoxy) is 3. The highest BCUT2D eigenvalue weighted by atomic mass is 32.2. The lowest BCUT2D eigenvalue weighted by Gasteiger charge is -2.12. The van der Waals surface area contributed by atoms with E-state index in [1.165, 1.54) is 24.4 Å². The number of fused-ring (bicyclic) bond motifs is 1. The third-order valence-corrected chi connectivity index (χ3v) is 5.78. The highest BCUT2D eigenvalue weighted by Gasteiger charge is 2.28. The Balaban J connectivity index is 1.91. The number of nitrogens with one attached hydrogen (secondary N) is 3. The Morgan fingerprint density at radius 1 is 1.28 bits per heavy atom. The van der Waals surface area contributed by atoms with Crippen molar-refractivity contribution in [1.82, 2.24) is 10.6 Å². The van der Waals surface area contributed by atoms with Gasteiger partial charge in [-0.25, -0.2) is 8.42 Å². The molecule has 1 aliphatic rings. The van der Waals surface area contributed by atoms with Gasteiger partial charge in [-0.3, -0.25) is 10.2 Å². The van der Waals surface area contributed by atoms with E-state index >= 15 is 0 Å². The Kier molecular flexibility index (Phi) is 7.16. The zero-order valence-electron chi connectivity index (χ0n) is 18.0. The average molecular weight is 460 g/mol. The minimum Gasteiger partial charge on any atom is -0.487 e.